The molecule has 1 rings (SSSR count). The molecule has 6 nitrogen and oxygen atoms in total. The molecule has 0 spiro atoms. The number of rotatable bonds is 3. The lowest BCUT2D eigenvalue weighted by atomic mass is 10.2. The van der Waals surface area contributed by atoms with Crippen LogP contribution >= 0.6 is 0 Å². The fraction of sp³-hybridized carbons (Fsp3) is 0.444. The third-order valence-corrected chi connectivity index (χ3v) is 2.10. The Morgan fingerprint density at radius 1 is 1.47 bits per heavy atom. The first-order valence-electron chi connectivity index (χ1n) is 4.31. The summed E-state index contributed by atoms with van der Waals surface area (Å²) in [5.74, 6) is -1.50. The van der Waals surface area contributed by atoms with E-state index in [-0.39, 0.29) is 12.1 Å². The smallest absolute Gasteiger partial charge is 0.339 e. The van der Waals surface area contributed by atoms with Gasteiger partial charge in [0.2, 0.25) is 0 Å². The lowest BCUT2D eigenvalue weighted by Crippen LogP contribution is -2.14. The van der Waals surface area contributed by atoms with Crippen LogP contribution in [0.25, 0.3) is 0 Å². The molecule has 82 valence electrons. The summed E-state index contributed by atoms with van der Waals surface area (Å²) in [5, 5.41) is 12.8. The molecular weight excluding hydrogens is 200 g/mol. The average molecular weight is 212 g/mol. The lowest BCUT2D eigenvalue weighted by Gasteiger charge is -2.02. The van der Waals surface area contributed by atoms with Crippen LogP contribution in [-0.4, -0.2) is 33.9 Å². The van der Waals surface area contributed by atoms with Crippen molar-refractivity contribution < 1.29 is 19.4 Å². The highest BCUT2D eigenvalue weighted by Crippen LogP contribution is 2.12. The quantitative estimate of drug-likeness (QED) is 0.732. The van der Waals surface area contributed by atoms with E-state index < -0.39 is 11.9 Å². The summed E-state index contributed by atoms with van der Waals surface area (Å²) in [6.45, 7) is 3.12. The third-order valence-electron chi connectivity index (χ3n) is 2.10. The summed E-state index contributed by atoms with van der Waals surface area (Å²) in [6, 6.07) is 0. The number of aromatic carboxylic acids is 1. The van der Waals surface area contributed by atoms with Crippen LogP contribution in [0.1, 0.15) is 21.7 Å². The number of carbonyl (C=O) groups is 2. The molecule has 0 amide bonds. The fourth-order valence-electron chi connectivity index (χ4n) is 1.35. The van der Waals surface area contributed by atoms with Gasteiger partial charge in [-0.25, -0.2) is 4.79 Å². The summed E-state index contributed by atoms with van der Waals surface area (Å²) in [5.41, 5.74) is 0.980. The summed E-state index contributed by atoms with van der Waals surface area (Å²) >= 11 is 0. The zero-order valence-electron chi connectivity index (χ0n) is 8.77. The maximum Gasteiger partial charge on any atom is 0.339 e. The van der Waals surface area contributed by atoms with E-state index in [2.05, 4.69) is 9.84 Å². The van der Waals surface area contributed by atoms with Gasteiger partial charge in [0, 0.05) is 0 Å². The summed E-state index contributed by atoms with van der Waals surface area (Å²) in [4.78, 5) is 21.8. The van der Waals surface area contributed by atoms with Crippen molar-refractivity contribution >= 4 is 11.9 Å². The minimum atomic E-state index is -1.04. The monoisotopic (exact) mass is 212 g/mol. The van der Waals surface area contributed by atoms with Gasteiger partial charge in [0.05, 0.1) is 18.5 Å². The number of aromatic nitrogens is 2. The van der Waals surface area contributed by atoms with Gasteiger partial charge >= 0.3 is 11.9 Å². The van der Waals surface area contributed by atoms with Crippen molar-refractivity contribution in [2.75, 3.05) is 7.11 Å². The molecule has 1 N–H and O–H groups in total. The zero-order valence-corrected chi connectivity index (χ0v) is 8.77. The van der Waals surface area contributed by atoms with Crippen molar-refractivity contribution in [3.8, 4) is 0 Å². The molecule has 0 saturated heterocycles. The molecule has 0 aromatic carbocycles. The Hall–Kier alpha value is -1.85. The molecule has 0 unspecified atom stereocenters. The van der Waals surface area contributed by atoms with Gasteiger partial charge in [0.1, 0.15) is 12.1 Å². The van der Waals surface area contributed by atoms with Crippen molar-refractivity contribution in [1.29, 1.82) is 0 Å². The van der Waals surface area contributed by atoms with E-state index >= 15 is 0 Å². The molecule has 0 bridgehead atoms. The first-order valence-corrected chi connectivity index (χ1v) is 4.31. The summed E-state index contributed by atoms with van der Waals surface area (Å²) in [6.07, 6.45) is 0. The van der Waals surface area contributed by atoms with Crippen LogP contribution in [-0.2, 0) is 16.1 Å². The molecule has 0 atom stereocenters. The van der Waals surface area contributed by atoms with E-state index in [9.17, 15) is 9.59 Å². The highest BCUT2D eigenvalue weighted by molar-refractivity contribution is 5.90. The van der Waals surface area contributed by atoms with Crippen molar-refractivity contribution in [3.05, 3.63) is 17.0 Å². The second kappa shape index (κ2) is 4.12. The Morgan fingerprint density at radius 3 is 2.47 bits per heavy atom. The van der Waals surface area contributed by atoms with Gasteiger partial charge in [0.15, 0.2) is 0 Å². The number of methoxy groups -OCH3 is 1. The van der Waals surface area contributed by atoms with Gasteiger partial charge in [-0.15, -0.1) is 0 Å². The topological polar surface area (TPSA) is 81.4 Å². The van der Waals surface area contributed by atoms with Gasteiger partial charge in [-0.2, -0.15) is 5.10 Å². The SMILES string of the molecule is COC(=O)Cn1nc(C)c(C(=O)O)c1C. The van der Waals surface area contributed by atoms with E-state index in [0.717, 1.165) is 0 Å². The number of hydrogen-bond donors (Lipinski definition) is 1. The van der Waals surface area contributed by atoms with E-state index in [1.165, 1.54) is 11.8 Å². The van der Waals surface area contributed by atoms with Gasteiger partial charge in [-0.3, -0.25) is 9.48 Å². The number of ether oxygens (including phenoxy) is 1. The first-order chi connectivity index (χ1) is 6.97. The Labute approximate surface area is 86.5 Å². The molecule has 1 aromatic rings. The number of aryl methyl sites for hydroxylation is 1. The Bertz CT molecular complexity index is 408. The Kier molecular flexibility index (Phi) is 3.08. The largest absolute Gasteiger partial charge is 0.478 e. The normalized spacial score (nSPS) is 10.1. The first kappa shape index (κ1) is 11.2. The minimum Gasteiger partial charge on any atom is -0.478 e. The average Bonchev–Trinajstić information content (AvgIpc) is 2.41. The van der Waals surface area contributed by atoms with Crippen molar-refractivity contribution in [1.82, 2.24) is 9.78 Å². The number of carbonyl (C=O) groups excluding carboxylic acids is 1. The van der Waals surface area contributed by atoms with Crippen molar-refractivity contribution in [3.63, 3.8) is 0 Å². The van der Waals surface area contributed by atoms with Crippen LogP contribution in [0, 0.1) is 13.8 Å². The molecule has 0 aliphatic carbocycles. The van der Waals surface area contributed by atoms with Gasteiger partial charge in [0.25, 0.3) is 0 Å². The van der Waals surface area contributed by atoms with Crippen LogP contribution < -0.4 is 0 Å². The molecule has 0 aliphatic heterocycles. The number of carboxylic acids is 1. The predicted octanol–water partition coefficient (Wildman–Crippen LogP) is 0.371. The molecule has 0 saturated carbocycles. The molecule has 6 heteroatoms. The highest BCUT2D eigenvalue weighted by atomic mass is 16.5. The second-order valence-corrected chi connectivity index (χ2v) is 3.08. The number of hydrogen-bond acceptors (Lipinski definition) is 4. The van der Waals surface area contributed by atoms with Crippen LogP contribution in [0.3, 0.4) is 0 Å². The van der Waals surface area contributed by atoms with E-state index in [4.69, 9.17) is 5.11 Å². The molecule has 1 aromatic heterocycles. The summed E-state index contributed by atoms with van der Waals surface area (Å²) < 4.78 is 5.80. The molecule has 15 heavy (non-hydrogen) atoms. The number of carboxylic acid groups (broad SMARTS) is 1. The van der Waals surface area contributed by atoms with Gasteiger partial charge in [-0.05, 0) is 13.8 Å². The molecule has 0 radical (unpaired) electrons. The van der Waals surface area contributed by atoms with E-state index in [0.29, 0.717) is 11.4 Å². The van der Waals surface area contributed by atoms with Crippen LogP contribution in [0.15, 0.2) is 0 Å². The maximum absolute atomic E-state index is 11.0. The second-order valence-electron chi connectivity index (χ2n) is 3.08. The van der Waals surface area contributed by atoms with Crippen molar-refractivity contribution in [2.24, 2.45) is 0 Å². The maximum atomic E-state index is 11.0. The van der Waals surface area contributed by atoms with Gasteiger partial charge < -0.3 is 9.84 Å². The molecule has 0 aliphatic rings. The lowest BCUT2D eigenvalue weighted by molar-refractivity contribution is -0.141. The van der Waals surface area contributed by atoms with Crippen LogP contribution in [0.2, 0.25) is 0 Å². The van der Waals surface area contributed by atoms with Crippen LogP contribution in [0.4, 0.5) is 0 Å². The Balaban J connectivity index is 3.07. The Morgan fingerprint density at radius 2 is 2.07 bits per heavy atom. The zero-order chi connectivity index (χ0) is 11.6. The predicted molar refractivity (Wildman–Crippen MR) is 50.7 cm³/mol. The molecule has 1 heterocycles. The van der Waals surface area contributed by atoms with E-state index in [1.807, 2.05) is 0 Å². The summed E-state index contributed by atoms with van der Waals surface area (Å²) in [7, 11) is 1.27. The highest BCUT2D eigenvalue weighted by Gasteiger charge is 2.18. The third kappa shape index (κ3) is 2.15. The van der Waals surface area contributed by atoms with E-state index in [1.54, 1.807) is 13.8 Å². The minimum absolute atomic E-state index is 0.0730. The van der Waals surface area contributed by atoms with Crippen molar-refractivity contribution in [2.45, 2.75) is 20.4 Å². The molecule has 0 fully saturated rings. The standard InChI is InChI=1S/C9H12N2O4/c1-5-8(9(13)14)6(2)11(10-5)4-7(12)15-3/h4H2,1-3H3,(H,13,14). The molecular formula is C9H12N2O4. The number of nitrogens with zero attached hydrogens (tertiary/aromatic N) is 2. The number of esters is 1. The van der Waals surface area contributed by atoms with Crippen LogP contribution in [0.5, 0.6) is 0 Å². The fourth-order valence-corrected chi connectivity index (χ4v) is 1.35. The van der Waals surface area contributed by atoms with Gasteiger partial charge in [-0.1, -0.05) is 0 Å².